The number of hydrogen-bond acceptors (Lipinski definition) is 3. The van der Waals surface area contributed by atoms with Gasteiger partial charge in [-0.2, -0.15) is 0 Å². The highest BCUT2D eigenvalue weighted by Crippen LogP contribution is 2.24. The lowest BCUT2D eigenvalue weighted by atomic mass is 10.1. The summed E-state index contributed by atoms with van der Waals surface area (Å²) < 4.78 is 14.8. The SMILES string of the molecule is NCc1ccc(Cc2nc3ccccc3s2)cc1F. The van der Waals surface area contributed by atoms with Gasteiger partial charge in [-0.3, -0.25) is 0 Å². The van der Waals surface area contributed by atoms with Crippen molar-refractivity contribution in [3.8, 4) is 0 Å². The Kier molecular flexibility index (Phi) is 3.27. The van der Waals surface area contributed by atoms with Crippen LogP contribution in [0.2, 0.25) is 0 Å². The minimum absolute atomic E-state index is 0.229. The fraction of sp³-hybridized carbons (Fsp3) is 0.133. The van der Waals surface area contributed by atoms with Crippen molar-refractivity contribution in [3.63, 3.8) is 0 Å². The molecule has 0 saturated carbocycles. The number of thiazole rings is 1. The van der Waals surface area contributed by atoms with Gasteiger partial charge in [-0.1, -0.05) is 24.3 Å². The van der Waals surface area contributed by atoms with Crippen LogP contribution in [0.25, 0.3) is 10.2 Å². The summed E-state index contributed by atoms with van der Waals surface area (Å²) in [6, 6.07) is 13.2. The summed E-state index contributed by atoms with van der Waals surface area (Å²) >= 11 is 1.65. The number of aromatic nitrogens is 1. The lowest BCUT2D eigenvalue weighted by Gasteiger charge is -2.02. The van der Waals surface area contributed by atoms with Crippen molar-refractivity contribution in [2.45, 2.75) is 13.0 Å². The Bertz CT molecular complexity index is 688. The number of rotatable bonds is 3. The number of fused-ring (bicyclic) bond motifs is 1. The number of nitrogens with zero attached hydrogens (tertiary/aromatic N) is 1. The molecule has 3 rings (SSSR count). The van der Waals surface area contributed by atoms with Gasteiger partial charge in [0.1, 0.15) is 5.82 Å². The molecule has 2 nitrogen and oxygen atoms in total. The average molecular weight is 272 g/mol. The molecule has 0 aliphatic carbocycles. The number of benzene rings is 2. The summed E-state index contributed by atoms with van der Waals surface area (Å²) in [6.45, 7) is 0.229. The molecule has 0 bridgehead atoms. The number of para-hydroxylation sites is 1. The molecule has 0 saturated heterocycles. The molecule has 0 radical (unpaired) electrons. The molecular formula is C15H13FN2S. The van der Waals surface area contributed by atoms with Crippen molar-refractivity contribution < 1.29 is 4.39 Å². The van der Waals surface area contributed by atoms with Gasteiger partial charge in [0.15, 0.2) is 0 Å². The number of hydrogen-bond donors (Lipinski definition) is 1. The zero-order valence-electron chi connectivity index (χ0n) is 10.3. The second kappa shape index (κ2) is 5.07. The lowest BCUT2D eigenvalue weighted by Crippen LogP contribution is -2.00. The highest BCUT2D eigenvalue weighted by Gasteiger charge is 2.06. The van der Waals surface area contributed by atoms with Crippen molar-refractivity contribution in [1.29, 1.82) is 0 Å². The van der Waals surface area contributed by atoms with Crippen LogP contribution in [0, 0.1) is 5.82 Å². The molecule has 19 heavy (non-hydrogen) atoms. The maximum absolute atomic E-state index is 13.7. The largest absolute Gasteiger partial charge is 0.326 e. The average Bonchev–Trinajstić information content (AvgIpc) is 2.81. The van der Waals surface area contributed by atoms with E-state index in [0.29, 0.717) is 12.0 Å². The molecule has 1 heterocycles. The molecule has 0 unspecified atom stereocenters. The van der Waals surface area contributed by atoms with Gasteiger partial charge in [-0.25, -0.2) is 9.37 Å². The first-order chi connectivity index (χ1) is 9.26. The summed E-state index contributed by atoms with van der Waals surface area (Å²) in [5.74, 6) is -0.235. The number of halogens is 1. The third kappa shape index (κ3) is 2.50. The second-order valence-electron chi connectivity index (χ2n) is 4.38. The zero-order valence-corrected chi connectivity index (χ0v) is 11.1. The van der Waals surface area contributed by atoms with E-state index in [1.54, 1.807) is 23.5 Å². The van der Waals surface area contributed by atoms with E-state index in [2.05, 4.69) is 11.1 Å². The summed E-state index contributed by atoms with van der Waals surface area (Å²) in [6.07, 6.45) is 0.654. The van der Waals surface area contributed by atoms with Crippen LogP contribution >= 0.6 is 11.3 Å². The minimum Gasteiger partial charge on any atom is -0.326 e. The van der Waals surface area contributed by atoms with Crippen molar-refractivity contribution in [1.82, 2.24) is 4.98 Å². The molecule has 2 aromatic carbocycles. The predicted octanol–water partition coefficient (Wildman–Crippen LogP) is 3.48. The first-order valence-electron chi connectivity index (χ1n) is 6.08. The highest BCUT2D eigenvalue weighted by atomic mass is 32.1. The van der Waals surface area contributed by atoms with Gasteiger partial charge in [0.2, 0.25) is 0 Å². The summed E-state index contributed by atoms with van der Waals surface area (Å²) in [5, 5.41) is 1.00. The zero-order chi connectivity index (χ0) is 13.2. The first-order valence-corrected chi connectivity index (χ1v) is 6.90. The first kappa shape index (κ1) is 12.3. The normalized spacial score (nSPS) is 11.1. The fourth-order valence-corrected chi connectivity index (χ4v) is 3.04. The Morgan fingerprint density at radius 1 is 1.16 bits per heavy atom. The lowest BCUT2D eigenvalue weighted by molar-refractivity contribution is 0.609. The Hall–Kier alpha value is -1.78. The van der Waals surface area contributed by atoms with Crippen LogP contribution in [0.1, 0.15) is 16.1 Å². The molecule has 0 atom stereocenters. The Morgan fingerprint density at radius 2 is 2.00 bits per heavy atom. The number of nitrogens with two attached hydrogens (primary N) is 1. The van der Waals surface area contributed by atoms with E-state index in [1.165, 1.54) is 0 Å². The van der Waals surface area contributed by atoms with Gasteiger partial charge in [-0.15, -0.1) is 11.3 Å². The standard InChI is InChI=1S/C15H13FN2S/c16-12-7-10(5-6-11(12)9-17)8-15-18-13-3-1-2-4-14(13)19-15/h1-7H,8-9,17H2. The van der Waals surface area contributed by atoms with Crippen LogP contribution in [0.3, 0.4) is 0 Å². The fourth-order valence-electron chi connectivity index (χ4n) is 2.04. The van der Waals surface area contributed by atoms with Crippen molar-refractivity contribution in [3.05, 3.63) is 64.4 Å². The Morgan fingerprint density at radius 3 is 2.74 bits per heavy atom. The van der Waals surface area contributed by atoms with Gasteiger partial charge in [-0.05, 0) is 23.8 Å². The molecular weight excluding hydrogens is 259 g/mol. The van der Waals surface area contributed by atoms with Crippen LogP contribution in [0.5, 0.6) is 0 Å². The monoisotopic (exact) mass is 272 g/mol. The third-order valence-corrected chi connectivity index (χ3v) is 4.07. The Balaban J connectivity index is 1.90. The molecule has 4 heteroatoms. The maximum Gasteiger partial charge on any atom is 0.127 e. The minimum atomic E-state index is -0.235. The van der Waals surface area contributed by atoms with E-state index >= 15 is 0 Å². The molecule has 2 N–H and O–H groups in total. The predicted molar refractivity (Wildman–Crippen MR) is 76.7 cm³/mol. The van der Waals surface area contributed by atoms with Gasteiger partial charge in [0, 0.05) is 18.5 Å². The smallest absolute Gasteiger partial charge is 0.127 e. The summed E-state index contributed by atoms with van der Waals surface area (Å²) in [4.78, 5) is 4.55. The van der Waals surface area contributed by atoms with Crippen LogP contribution < -0.4 is 5.73 Å². The summed E-state index contributed by atoms with van der Waals surface area (Å²) in [5.41, 5.74) is 7.93. The molecule has 0 aliphatic heterocycles. The van der Waals surface area contributed by atoms with Crippen LogP contribution in [0.4, 0.5) is 4.39 Å². The highest BCUT2D eigenvalue weighted by molar-refractivity contribution is 7.18. The van der Waals surface area contributed by atoms with Gasteiger partial charge in [0.25, 0.3) is 0 Å². The van der Waals surface area contributed by atoms with Crippen molar-refractivity contribution in [2.75, 3.05) is 0 Å². The topological polar surface area (TPSA) is 38.9 Å². The second-order valence-corrected chi connectivity index (χ2v) is 5.50. The molecule has 3 aromatic rings. The quantitative estimate of drug-likeness (QED) is 0.792. The summed E-state index contributed by atoms with van der Waals surface area (Å²) in [7, 11) is 0. The van der Waals surface area contributed by atoms with Crippen LogP contribution in [0.15, 0.2) is 42.5 Å². The van der Waals surface area contributed by atoms with Gasteiger partial charge in [0.05, 0.1) is 15.2 Å². The van der Waals surface area contributed by atoms with Gasteiger partial charge >= 0.3 is 0 Å². The van der Waals surface area contributed by atoms with Crippen LogP contribution in [-0.4, -0.2) is 4.98 Å². The van der Waals surface area contributed by atoms with E-state index < -0.39 is 0 Å². The van der Waals surface area contributed by atoms with E-state index in [0.717, 1.165) is 20.8 Å². The molecule has 0 spiro atoms. The molecule has 0 fully saturated rings. The van der Waals surface area contributed by atoms with E-state index in [4.69, 9.17) is 5.73 Å². The van der Waals surface area contributed by atoms with Crippen molar-refractivity contribution in [2.24, 2.45) is 5.73 Å². The van der Waals surface area contributed by atoms with Crippen LogP contribution in [-0.2, 0) is 13.0 Å². The maximum atomic E-state index is 13.7. The molecule has 0 amide bonds. The third-order valence-electron chi connectivity index (χ3n) is 3.03. The van der Waals surface area contributed by atoms with E-state index in [9.17, 15) is 4.39 Å². The van der Waals surface area contributed by atoms with E-state index in [-0.39, 0.29) is 12.4 Å². The van der Waals surface area contributed by atoms with Gasteiger partial charge < -0.3 is 5.73 Å². The molecule has 0 aliphatic rings. The molecule has 1 aromatic heterocycles. The Labute approximate surface area is 114 Å². The van der Waals surface area contributed by atoms with E-state index in [1.807, 2.05) is 24.3 Å². The van der Waals surface area contributed by atoms with Crippen molar-refractivity contribution >= 4 is 21.6 Å². The molecule has 96 valence electrons.